The fraction of sp³-hybridized carbons (Fsp3) is 0.625. The van der Waals surface area contributed by atoms with Crippen LogP contribution in [-0.4, -0.2) is 30.4 Å². The Morgan fingerprint density at radius 3 is 1.86 bits per heavy atom. The van der Waals surface area contributed by atoms with Gasteiger partial charge < -0.3 is 9.47 Å². The van der Waals surface area contributed by atoms with Crippen LogP contribution >= 0.6 is 0 Å². The van der Waals surface area contributed by atoms with Crippen molar-refractivity contribution in [1.82, 2.24) is 0 Å². The van der Waals surface area contributed by atoms with E-state index in [1.165, 1.54) is 26.2 Å². The maximum absolute atomic E-state index is 13.6. The standard InChI is InChI=1S/C24H30O5/c1-14-5-15(2)7-19(6-14)23(3,20(25)21(26)28-4)22(27)29-24-11-16-8-17(12-24)10-18(9-16)13-24/h5-7,16-18H,8-13H2,1-4H3/t16?,17?,18?,23-,24?/m1/s1. The Morgan fingerprint density at radius 1 is 0.931 bits per heavy atom. The molecule has 1 aromatic rings. The first kappa shape index (κ1) is 20.1. The van der Waals surface area contributed by atoms with Gasteiger partial charge in [0, 0.05) is 0 Å². The van der Waals surface area contributed by atoms with Crippen LogP contribution in [0.25, 0.3) is 0 Å². The SMILES string of the molecule is COC(=O)C(=O)[C@](C)(C(=O)OC12CC3CC(CC(C3)C1)C2)c1cc(C)cc(C)c1. The lowest BCUT2D eigenvalue weighted by molar-refractivity contribution is -0.193. The third-order valence-electron chi connectivity index (χ3n) is 7.32. The lowest BCUT2D eigenvalue weighted by Crippen LogP contribution is -2.56. The van der Waals surface area contributed by atoms with Crippen LogP contribution < -0.4 is 0 Å². The van der Waals surface area contributed by atoms with E-state index in [0.29, 0.717) is 23.3 Å². The van der Waals surface area contributed by atoms with Crippen LogP contribution in [0, 0.1) is 31.6 Å². The molecule has 0 aromatic heterocycles. The van der Waals surface area contributed by atoms with Gasteiger partial charge in [-0.3, -0.25) is 9.59 Å². The van der Waals surface area contributed by atoms with E-state index in [9.17, 15) is 14.4 Å². The summed E-state index contributed by atoms with van der Waals surface area (Å²) in [5, 5.41) is 0. The fourth-order valence-electron chi connectivity index (χ4n) is 6.36. The van der Waals surface area contributed by atoms with Crippen LogP contribution in [0.2, 0.25) is 0 Å². The molecule has 4 aliphatic rings. The molecule has 4 saturated carbocycles. The van der Waals surface area contributed by atoms with Crippen molar-refractivity contribution in [2.24, 2.45) is 17.8 Å². The molecule has 0 unspecified atom stereocenters. The summed E-state index contributed by atoms with van der Waals surface area (Å²) in [6.45, 7) is 5.32. The van der Waals surface area contributed by atoms with Crippen molar-refractivity contribution in [1.29, 1.82) is 0 Å². The number of Topliss-reactive ketones (excluding diaryl/α,β-unsaturated/α-hetero) is 1. The van der Waals surface area contributed by atoms with Gasteiger partial charge >= 0.3 is 11.9 Å². The minimum Gasteiger partial charge on any atom is -0.463 e. The molecule has 0 aliphatic heterocycles. The van der Waals surface area contributed by atoms with Crippen molar-refractivity contribution in [2.75, 3.05) is 7.11 Å². The average Bonchev–Trinajstić information content (AvgIpc) is 2.63. The number of hydrogen-bond donors (Lipinski definition) is 0. The molecule has 5 rings (SSSR count). The largest absolute Gasteiger partial charge is 0.463 e. The van der Waals surface area contributed by atoms with E-state index < -0.39 is 28.7 Å². The number of esters is 2. The van der Waals surface area contributed by atoms with Crippen LogP contribution in [0.4, 0.5) is 0 Å². The smallest absolute Gasteiger partial charge is 0.375 e. The maximum Gasteiger partial charge on any atom is 0.375 e. The molecular weight excluding hydrogens is 368 g/mol. The van der Waals surface area contributed by atoms with E-state index in [-0.39, 0.29) is 0 Å². The van der Waals surface area contributed by atoms with E-state index in [1.54, 1.807) is 12.1 Å². The van der Waals surface area contributed by atoms with Gasteiger partial charge in [-0.1, -0.05) is 29.3 Å². The number of methoxy groups -OCH3 is 1. The Hall–Kier alpha value is -2.17. The highest BCUT2D eigenvalue weighted by atomic mass is 16.6. The topological polar surface area (TPSA) is 69.7 Å². The number of carbonyl (C=O) groups excluding carboxylic acids is 3. The monoisotopic (exact) mass is 398 g/mol. The summed E-state index contributed by atoms with van der Waals surface area (Å²) in [7, 11) is 1.16. The number of ether oxygens (including phenoxy) is 2. The molecule has 4 fully saturated rings. The molecule has 0 heterocycles. The summed E-state index contributed by atoms with van der Waals surface area (Å²) in [6, 6.07) is 5.54. The third-order valence-corrected chi connectivity index (χ3v) is 7.32. The summed E-state index contributed by atoms with van der Waals surface area (Å²) in [5.41, 5.74) is 0.133. The third kappa shape index (κ3) is 3.38. The first-order chi connectivity index (χ1) is 13.6. The molecule has 0 N–H and O–H groups in total. The first-order valence-corrected chi connectivity index (χ1v) is 10.6. The van der Waals surface area contributed by atoms with Gasteiger partial charge in [0.15, 0.2) is 5.41 Å². The Morgan fingerprint density at radius 2 is 1.41 bits per heavy atom. The number of benzene rings is 1. The molecule has 156 valence electrons. The Kier molecular flexibility index (Phi) is 4.83. The molecule has 5 nitrogen and oxygen atoms in total. The summed E-state index contributed by atoms with van der Waals surface area (Å²) >= 11 is 0. The highest BCUT2D eigenvalue weighted by molar-refractivity contribution is 6.41. The van der Waals surface area contributed by atoms with Gasteiger partial charge in [-0.2, -0.15) is 0 Å². The molecule has 29 heavy (non-hydrogen) atoms. The van der Waals surface area contributed by atoms with E-state index in [0.717, 1.165) is 37.5 Å². The Bertz CT molecular complexity index is 814. The van der Waals surface area contributed by atoms with E-state index in [1.807, 2.05) is 19.9 Å². The molecule has 0 amide bonds. The summed E-state index contributed by atoms with van der Waals surface area (Å²) in [6.07, 6.45) is 6.31. The Labute approximate surface area is 172 Å². The van der Waals surface area contributed by atoms with Crippen LogP contribution in [0.5, 0.6) is 0 Å². The van der Waals surface area contributed by atoms with Gasteiger partial charge in [-0.15, -0.1) is 0 Å². The molecule has 1 atom stereocenters. The van der Waals surface area contributed by atoms with Crippen LogP contribution in [0.3, 0.4) is 0 Å². The molecule has 1 aromatic carbocycles. The molecule has 0 saturated heterocycles. The summed E-state index contributed by atoms with van der Waals surface area (Å²) in [5.74, 6) is -0.692. The van der Waals surface area contributed by atoms with Gasteiger partial charge in [0.2, 0.25) is 0 Å². The van der Waals surface area contributed by atoms with Crippen molar-refractivity contribution in [2.45, 2.75) is 70.3 Å². The lowest BCUT2D eigenvalue weighted by Gasteiger charge is -2.56. The summed E-state index contributed by atoms with van der Waals surface area (Å²) < 4.78 is 10.9. The average molecular weight is 398 g/mol. The zero-order valence-electron chi connectivity index (χ0n) is 17.7. The van der Waals surface area contributed by atoms with Crippen molar-refractivity contribution < 1.29 is 23.9 Å². The van der Waals surface area contributed by atoms with E-state index >= 15 is 0 Å². The van der Waals surface area contributed by atoms with Crippen molar-refractivity contribution in [3.8, 4) is 0 Å². The lowest BCUT2D eigenvalue weighted by atomic mass is 9.54. The quantitative estimate of drug-likeness (QED) is 0.428. The van der Waals surface area contributed by atoms with Crippen LogP contribution in [0.15, 0.2) is 18.2 Å². The fourth-order valence-corrected chi connectivity index (χ4v) is 6.36. The molecular formula is C24H30O5. The van der Waals surface area contributed by atoms with E-state index in [2.05, 4.69) is 4.74 Å². The van der Waals surface area contributed by atoms with Gasteiger partial charge in [0.05, 0.1) is 7.11 Å². The second-order valence-corrected chi connectivity index (χ2v) is 9.81. The zero-order valence-corrected chi connectivity index (χ0v) is 17.7. The van der Waals surface area contributed by atoms with Gasteiger partial charge in [-0.25, -0.2) is 4.79 Å². The number of ketones is 1. The molecule has 4 aliphatic carbocycles. The molecule has 5 heteroatoms. The molecule has 0 spiro atoms. The number of aryl methyl sites for hydroxylation is 2. The molecule has 0 radical (unpaired) electrons. The van der Waals surface area contributed by atoms with Gasteiger partial charge in [0.25, 0.3) is 5.78 Å². The normalized spacial score (nSPS) is 31.8. The second-order valence-electron chi connectivity index (χ2n) is 9.81. The van der Waals surface area contributed by atoms with Crippen molar-refractivity contribution >= 4 is 17.7 Å². The van der Waals surface area contributed by atoms with Gasteiger partial charge in [0.1, 0.15) is 5.60 Å². The van der Waals surface area contributed by atoms with Crippen molar-refractivity contribution in [3.63, 3.8) is 0 Å². The minimum absolute atomic E-state index is 0.484. The van der Waals surface area contributed by atoms with Crippen LogP contribution in [-0.2, 0) is 29.3 Å². The predicted molar refractivity (Wildman–Crippen MR) is 107 cm³/mol. The first-order valence-electron chi connectivity index (χ1n) is 10.6. The number of carbonyl (C=O) groups is 3. The highest BCUT2D eigenvalue weighted by Gasteiger charge is 2.56. The zero-order chi connectivity index (χ0) is 21.0. The molecule has 4 bridgehead atoms. The van der Waals surface area contributed by atoms with E-state index in [4.69, 9.17) is 4.74 Å². The number of hydrogen-bond acceptors (Lipinski definition) is 5. The van der Waals surface area contributed by atoms with Crippen LogP contribution in [0.1, 0.15) is 62.1 Å². The minimum atomic E-state index is -1.72. The highest BCUT2D eigenvalue weighted by Crippen LogP contribution is 2.57. The maximum atomic E-state index is 13.6. The Balaban J connectivity index is 1.70. The van der Waals surface area contributed by atoms with Crippen molar-refractivity contribution in [3.05, 3.63) is 34.9 Å². The number of rotatable bonds is 5. The summed E-state index contributed by atoms with van der Waals surface area (Å²) in [4.78, 5) is 38.8. The second kappa shape index (κ2) is 6.96. The van der Waals surface area contributed by atoms with Gasteiger partial charge in [-0.05, 0) is 82.6 Å². The predicted octanol–water partition coefficient (Wildman–Crippen LogP) is 3.82.